The second kappa shape index (κ2) is 9.33. The molecule has 1 heterocycles. The smallest absolute Gasteiger partial charge is 0.334 e. The van der Waals surface area contributed by atoms with Gasteiger partial charge in [-0.1, -0.05) is 18.2 Å². The quantitative estimate of drug-likeness (QED) is 0.418. The van der Waals surface area contributed by atoms with Gasteiger partial charge in [0.05, 0.1) is 0 Å². The molecule has 29 heavy (non-hydrogen) atoms. The molecule has 0 radical (unpaired) electrons. The largest absolute Gasteiger partial charge is 0.462 e. The number of allylic oxidation sites excluding steroid dienone is 2. The van der Waals surface area contributed by atoms with Crippen molar-refractivity contribution in [2.45, 2.75) is 52.4 Å². The zero-order valence-electron chi connectivity index (χ0n) is 17.2. The molecule has 0 amide bonds. The summed E-state index contributed by atoms with van der Waals surface area (Å²) in [6.45, 7) is 10.1. The van der Waals surface area contributed by atoms with Gasteiger partial charge in [0.2, 0.25) is 0 Å². The minimum atomic E-state index is -1.14. The van der Waals surface area contributed by atoms with Gasteiger partial charge in [0.1, 0.15) is 24.9 Å². The maximum atomic E-state index is 13.2. The number of Topliss-reactive ketones (excluding diaryl/α,β-unsaturated/α-hetero) is 1. The molecule has 2 aliphatic rings. The van der Waals surface area contributed by atoms with Crippen molar-refractivity contribution >= 4 is 17.7 Å². The van der Waals surface area contributed by atoms with Gasteiger partial charge in [0.15, 0.2) is 5.78 Å². The molecule has 5 atom stereocenters. The molecule has 7 heteroatoms. The highest BCUT2D eigenvalue weighted by Crippen LogP contribution is 2.39. The summed E-state index contributed by atoms with van der Waals surface area (Å²) >= 11 is 0. The van der Waals surface area contributed by atoms with E-state index >= 15 is 0 Å². The van der Waals surface area contributed by atoms with Crippen LogP contribution in [0.3, 0.4) is 0 Å². The predicted molar refractivity (Wildman–Crippen MR) is 106 cm³/mol. The van der Waals surface area contributed by atoms with E-state index in [0.29, 0.717) is 16.7 Å². The van der Waals surface area contributed by atoms with E-state index in [1.807, 2.05) is 0 Å². The van der Waals surface area contributed by atoms with Crippen LogP contribution in [0.5, 0.6) is 0 Å². The highest BCUT2D eigenvalue weighted by molar-refractivity contribution is 5.99. The van der Waals surface area contributed by atoms with Crippen LogP contribution in [0.1, 0.15) is 34.1 Å². The van der Waals surface area contributed by atoms with Crippen LogP contribution in [0.2, 0.25) is 0 Å². The lowest BCUT2D eigenvalue weighted by atomic mass is 9.75. The van der Waals surface area contributed by atoms with E-state index in [1.54, 1.807) is 26.8 Å². The first-order valence-corrected chi connectivity index (χ1v) is 9.48. The van der Waals surface area contributed by atoms with Crippen LogP contribution < -0.4 is 0 Å². The minimum absolute atomic E-state index is 0.0250. The van der Waals surface area contributed by atoms with Crippen molar-refractivity contribution in [3.8, 4) is 0 Å². The van der Waals surface area contributed by atoms with Gasteiger partial charge < -0.3 is 19.7 Å². The van der Waals surface area contributed by atoms with Gasteiger partial charge in [0, 0.05) is 24.3 Å². The Hall–Kier alpha value is -2.51. The number of rotatable bonds is 4. The maximum Gasteiger partial charge on any atom is 0.334 e. The number of carbonyl (C=O) groups is 3. The number of esters is 2. The number of ketones is 1. The summed E-state index contributed by atoms with van der Waals surface area (Å²) < 4.78 is 10.3. The van der Waals surface area contributed by atoms with E-state index in [4.69, 9.17) is 9.47 Å². The van der Waals surface area contributed by atoms with E-state index in [-0.39, 0.29) is 24.4 Å². The molecular formula is C22H28O7. The molecule has 0 aromatic carbocycles. The molecule has 0 spiro atoms. The topological polar surface area (TPSA) is 110 Å². The zero-order valence-corrected chi connectivity index (χ0v) is 17.2. The van der Waals surface area contributed by atoms with Gasteiger partial charge in [-0.3, -0.25) is 9.59 Å². The van der Waals surface area contributed by atoms with Crippen molar-refractivity contribution in [3.05, 3.63) is 47.1 Å². The number of hydrogen-bond acceptors (Lipinski definition) is 7. The molecule has 2 rings (SSSR count). The molecule has 158 valence electrons. The van der Waals surface area contributed by atoms with Crippen molar-refractivity contribution in [3.63, 3.8) is 0 Å². The van der Waals surface area contributed by atoms with Gasteiger partial charge in [0.25, 0.3) is 0 Å². The summed E-state index contributed by atoms with van der Waals surface area (Å²) in [5.41, 5.74) is 1.74. The minimum Gasteiger partial charge on any atom is -0.462 e. The Balaban J connectivity index is 2.45. The van der Waals surface area contributed by atoms with Crippen LogP contribution in [-0.4, -0.2) is 52.9 Å². The number of aliphatic hydroxyl groups is 2. The first kappa shape index (κ1) is 22.8. The molecular weight excluding hydrogens is 376 g/mol. The number of carbonyl (C=O) groups excluding carboxylic acids is 3. The lowest BCUT2D eigenvalue weighted by Crippen LogP contribution is -2.34. The highest BCUT2D eigenvalue weighted by atomic mass is 16.6. The second-order valence-electron chi connectivity index (χ2n) is 7.64. The Labute approximate surface area is 170 Å². The third kappa shape index (κ3) is 5.31. The van der Waals surface area contributed by atoms with E-state index in [1.165, 1.54) is 19.1 Å². The average Bonchev–Trinajstić information content (AvgIpc) is 2.90. The molecule has 0 aromatic heterocycles. The molecule has 7 nitrogen and oxygen atoms in total. The van der Waals surface area contributed by atoms with Gasteiger partial charge >= 0.3 is 11.9 Å². The number of aliphatic hydroxyl groups excluding tert-OH is 2. The van der Waals surface area contributed by atoms with Crippen molar-refractivity contribution in [2.24, 2.45) is 11.8 Å². The molecule has 1 aliphatic carbocycles. The molecule has 0 saturated carbocycles. The van der Waals surface area contributed by atoms with Crippen LogP contribution in [0.4, 0.5) is 0 Å². The first-order valence-electron chi connectivity index (χ1n) is 9.48. The fourth-order valence-corrected chi connectivity index (χ4v) is 3.70. The van der Waals surface area contributed by atoms with Crippen LogP contribution in [0, 0.1) is 11.8 Å². The Morgan fingerprint density at radius 1 is 1.28 bits per heavy atom. The fourth-order valence-electron chi connectivity index (χ4n) is 3.70. The van der Waals surface area contributed by atoms with Crippen LogP contribution in [0.25, 0.3) is 0 Å². The first-order chi connectivity index (χ1) is 13.5. The predicted octanol–water partition coefficient (Wildman–Crippen LogP) is 1.80. The van der Waals surface area contributed by atoms with E-state index < -0.39 is 42.1 Å². The SMILES string of the molecule is C=C1C(=O)O[C@@H]2/C=C(/C)[C@@H](O)[C@H](O)/C=C(/C)C[C@@H](C(=O)/C(C)=C/COC(C)=O)[C@@H]12. The second-order valence-corrected chi connectivity index (χ2v) is 7.64. The zero-order chi connectivity index (χ0) is 21.9. The number of ether oxygens (including phenoxy) is 2. The van der Waals surface area contributed by atoms with Crippen molar-refractivity contribution in [1.82, 2.24) is 0 Å². The van der Waals surface area contributed by atoms with Crippen molar-refractivity contribution in [2.75, 3.05) is 6.61 Å². The Morgan fingerprint density at radius 3 is 2.55 bits per heavy atom. The molecule has 0 aromatic rings. The average molecular weight is 404 g/mol. The summed E-state index contributed by atoms with van der Waals surface area (Å²) in [4.78, 5) is 36.4. The third-order valence-corrected chi connectivity index (χ3v) is 5.31. The Bertz CT molecular complexity index is 802. The van der Waals surface area contributed by atoms with E-state index in [0.717, 1.165) is 0 Å². The molecule has 2 N–H and O–H groups in total. The Kier molecular flexibility index (Phi) is 7.32. The molecule has 1 saturated heterocycles. The number of hydrogen-bond donors (Lipinski definition) is 2. The summed E-state index contributed by atoms with van der Waals surface area (Å²) in [6.07, 6.45) is 1.82. The highest BCUT2D eigenvalue weighted by Gasteiger charge is 2.45. The molecule has 1 aliphatic heterocycles. The standard InChI is InChI=1S/C22H28O7/c1-11-8-16(20(25)12(2)6-7-28-15(5)23)19-14(4)22(27)29-18(19)10-13(3)21(26)17(24)9-11/h6,9-10,16-19,21,24,26H,4,7-8H2,1-3,5H3/b11-9-,12-6+,13-10-/t16-,17-,18-,19-,21-/m1/s1. The van der Waals surface area contributed by atoms with E-state index in [9.17, 15) is 24.6 Å². The molecule has 0 unspecified atom stereocenters. The van der Waals surface area contributed by atoms with Gasteiger partial charge in [-0.05, 0) is 50.5 Å². The van der Waals surface area contributed by atoms with Crippen LogP contribution in [0.15, 0.2) is 47.1 Å². The Morgan fingerprint density at radius 2 is 1.93 bits per heavy atom. The summed E-state index contributed by atoms with van der Waals surface area (Å²) in [6, 6.07) is 0. The van der Waals surface area contributed by atoms with Crippen molar-refractivity contribution in [1.29, 1.82) is 0 Å². The summed E-state index contributed by atoms with van der Waals surface area (Å²) in [5, 5.41) is 20.5. The van der Waals surface area contributed by atoms with Gasteiger partial charge in [-0.2, -0.15) is 0 Å². The summed E-state index contributed by atoms with van der Waals surface area (Å²) in [7, 11) is 0. The molecule has 0 bridgehead atoms. The molecule has 1 fully saturated rings. The summed E-state index contributed by atoms with van der Waals surface area (Å²) in [5.74, 6) is -2.52. The van der Waals surface area contributed by atoms with E-state index in [2.05, 4.69) is 6.58 Å². The van der Waals surface area contributed by atoms with Crippen molar-refractivity contribution < 1.29 is 34.1 Å². The van der Waals surface area contributed by atoms with Crippen LogP contribution in [-0.2, 0) is 23.9 Å². The fraction of sp³-hybridized carbons (Fsp3) is 0.500. The maximum absolute atomic E-state index is 13.2. The third-order valence-electron chi connectivity index (χ3n) is 5.31. The van der Waals surface area contributed by atoms with Gasteiger partial charge in [-0.25, -0.2) is 4.79 Å². The number of fused-ring (bicyclic) bond motifs is 1. The lowest BCUT2D eigenvalue weighted by Gasteiger charge is -2.28. The normalized spacial score (nSPS) is 34.3. The van der Waals surface area contributed by atoms with Gasteiger partial charge in [-0.15, -0.1) is 0 Å². The monoisotopic (exact) mass is 404 g/mol. The lowest BCUT2D eigenvalue weighted by molar-refractivity contribution is -0.140. The van der Waals surface area contributed by atoms with Crippen LogP contribution >= 0.6 is 0 Å².